The van der Waals surface area contributed by atoms with E-state index in [4.69, 9.17) is 4.74 Å². The lowest BCUT2D eigenvalue weighted by atomic mass is 10.3. The van der Waals surface area contributed by atoms with Crippen molar-refractivity contribution in [3.05, 3.63) is 60.0 Å². The van der Waals surface area contributed by atoms with E-state index in [0.717, 1.165) is 12.1 Å². The third-order valence-electron chi connectivity index (χ3n) is 3.29. The normalized spacial score (nSPS) is 10.5. The predicted molar refractivity (Wildman–Crippen MR) is 90.3 cm³/mol. The molecule has 0 unspecified atom stereocenters. The summed E-state index contributed by atoms with van der Waals surface area (Å²) in [6.45, 7) is 2.34. The van der Waals surface area contributed by atoms with E-state index < -0.39 is 17.5 Å². The Morgan fingerprint density at radius 1 is 0.962 bits per heavy atom. The number of halogens is 3. The van der Waals surface area contributed by atoms with Crippen LogP contribution in [0.15, 0.2) is 42.6 Å². The minimum Gasteiger partial charge on any atom is -0.492 e. The molecule has 0 aliphatic heterocycles. The maximum absolute atomic E-state index is 13.8. The van der Waals surface area contributed by atoms with Gasteiger partial charge in [-0.15, -0.1) is 5.10 Å². The van der Waals surface area contributed by atoms with Gasteiger partial charge < -0.3 is 15.4 Å². The summed E-state index contributed by atoms with van der Waals surface area (Å²) in [5.41, 5.74) is 0.345. The van der Waals surface area contributed by atoms with Crippen LogP contribution in [0.3, 0.4) is 0 Å². The summed E-state index contributed by atoms with van der Waals surface area (Å²) in [6.07, 6.45) is 1.22. The first kappa shape index (κ1) is 17.5. The SMILES string of the molecule is CCOc1ccccc1Nc1nncc(Nc2ccc(F)c(F)c2F)n1. The molecule has 1 aromatic heterocycles. The standard InChI is InChI=1S/C17H14F3N5O/c1-2-26-13-6-4-3-5-11(13)23-17-24-14(9-21-25-17)22-12-8-7-10(18)15(19)16(12)20/h3-9H,2H2,1H3,(H2,22,23,24,25). The molecule has 0 amide bonds. The molecule has 0 radical (unpaired) electrons. The fourth-order valence-corrected chi connectivity index (χ4v) is 2.15. The molecule has 3 rings (SSSR count). The van der Waals surface area contributed by atoms with Crippen LogP contribution in [0.4, 0.5) is 36.3 Å². The molecular weight excluding hydrogens is 347 g/mol. The Labute approximate surface area is 147 Å². The Morgan fingerprint density at radius 3 is 2.58 bits per heavy atom. The molecule has 2 N–H and O–H groups in total. The number of ether oxygens (including phenoxy) is 1. The van der Waals surface area contributed by atoms with Gasteiger partial charge in [-0.25, -0.2) is 13.2 Å². The van der Waals surface area contributed by atoms with Crippen molar-refractivity contribution in [2.75, 3.05) is 17.2 Å². The summed E-state index contributed by atoms with van der Waals surface area (Å²) in [6, 6.07) is 9.04. The van der Waals surface area contributed by atoms with Crippen molar-refractivity contribution >= 4 is 23.1 Å². The molecule has 9 heteroatoms. The lowest BCUT2D eigenvalue weighted by molar-refractivity contribution is 0.342. The first-order chi connectivity index (χ1) is 12.6. The molecule has 0 aliphatic carbocycles. The molecule has 6 nitrogen and oxygen atoms in total. The van der Waals surface area contributed by atoms with E-state index in [0.29, 0.717) is 18.0 Å². The zero-order valence-corrected chi connectivity index (χ0v) is 13.6. The van der Waals surface area contributed by atoms with Gasteiger partial charge >= 0.3 is 0 Å². The number of aromatic nitrogens is 3. The van der Waals surface area contributed by atoms with Crippen LogP contribution in [-0.4, -0.2) is 21.8 Å². The number of hydrogen-bond donors (Lipinski definition) is 2. The fourth-order valence-electron chi connectivity index (χ4n) is 2.15. The molecule has 1 heterocycles. The van der Waals surface area contributed by atoms with Crippen LogP contribution in [0.5, 0.6) is 5.75 Å². The van der Waals surface area contributed by atoms with Crippen LogP contribution in [-0.2, 0) is 0 Å². The summed E-state index contributed by atoms with van der Waals surface area (Å²) in [5.74, 6) is -3.38. The Bertz CT molecular complexity index is 923. The molecular formula is C17H14F3N5O. The summed E-state index contributed by atoms with van der Waals surface area (Å²) in [5, 5.41) is 13.1. The topological polar surface area (TPSA) is 72.0 Å². The van der Waals surface area contributed by atoms with E-state index >= 15 is 0 Å². The predicted octanol–water partition coefficient (Wildman–Crippen LogP) is 4.17. The van der Waals surface area contributed by atoms with Gasteiger partial charge in [0.25, 0.3) is 0 Å². The zero-order chi connectivity index (χ0) is 18.5. The van der Waals surface area contributed by atoms with Gasteiger partial charge in [-0.3, -0.25) is 0 Å². The Hall–Kier alpha value is -3.36. The number of anilines is 4. The Kier molecular flexibility index (Phi) is 5.16. The second-order valence-corrected chi connectivity index (χ2v) is 5.07. The van der Waals surface area contributed by atoms with Gasteiger partial charge in [-0.2, -0.15) is 10.1 Å². The Morgan fingerprint density at radius 2 is 1.77 bits per heavy atom. The molecule has 0 bridgehead atoms. The van der Waals surface area contributed by atoms with Crippen LogP contribution in [0.25, 0.3) is 0 Å². The molecule has 0 aliphatic rings. The number of benzene rings is 2. The summed E-state index contributed by atoms with van der Waals surface area (Å²) >= 11 is 0. The van der Waals surface area contributed by atoms with Crippen molar-refractivity contribution in [3.8, 4) is 5.75 Å². The third kappa shape index (κ3) is 3.82. The maximum atomic E-state index is 13.8. The minimum absolute atomic E-state index is 0.0984. The molecule has 26 heavy (non-hydrogen) atoms. The van der Waals surface area contributed by atoms with E-state index in [1.807, 2.05) is 13.0 Å². The van der Waals surface area contributed by atoms with E-state index in [9.17, 15) is 13.2 Å². The number of nitrogens with zero attached hydrogens (tertiary/aromatic N) is 3. The maximum Gasteiger partial charge on any atom is 0.249 e. The highest BCUT2D eigenvalue weighted by Crippen LogP contribution is 2.27. The number of rotatable bonds is 6. The second-order valence-electron chi connectivity index (χ2n) is 5.07. The van der Waals surface area contributed by atoms with Crippen LogP contribution >= 0.6 is 0 Å². The lowest BCUT2D eigenvalue weighted by Crippen LogP contribution is -2.05. The highest BCUT2D eigenvalue weighted by Gasteiger charge is 2.14. The average molecular weight is 361 g/mol. The molecule has 3 aromatic rings. The Balaban J connectivity index is 1.82. The summed E-state index contributed by atoms with van der Waals surface area (Å²) < 4.78 is 45.6. The monoisotopic (exact) mass is 361 g/mol. The van der Waals surface area contributed by atoms with E-state index in [2.05, 4.69) is 25.8 Å². The first-order valence-corrected chi connectivity index (χ1v) is 7.67. The van der Waals surface area contributed by atoms with Crippen molar-refractivity contribution in [2.45, 2.75) is 6.92 Å². The van der Waals surface area contributed by atoms with Crippen molar-refractivity contribution in [2.24, 2.45) is 0 Å². The van der Waals surface area contributed by atoms with Crippen LogP contribution in [0.2, 0.25) is 0 Å². The van der Waals surface area contributed by atoms with Crippen LogP contribution < -0.4 is 15.4 Å². The van der Waals surface area contributed by atoms with Gasteiger partial charge in [0.15, 0.2) is 23.3 Å². The lowest BCUT2D eigenvalue weighted by Gasteiger charge is -2.12. The van der Waals surface area contributed by atoms with E-state index in [1.165, 1.54) is 6.20 Å². The van der Waals surface area contributed by atoms with Gasteiger partial charge in [0.05, 0.1) is 24.2 Å². The van der Waals surface area contributed by atoms with Gasteiger partial charge in [0, 0.05) is 0 Å². The van der Waals surface area contributed by atoms with Gasteiger partial charge in [0.2, 0.25) is 5.95 Å². The molecule has 0 atom stereocenters. The molecule has 134 valence electrons. The van der Waals surface area contributed by atoms with Crippen molar-refractivity contribution in [1.29, 1.82) is 0 Å². The number of nitrogens with one attached hydrogen (secondary N) is 2. The van der Waals surface area contributed by atoms with Crippen LogP contribution in [0, 0.1) is 17.5 Å². The molecule has 0 fully saturated rings. The quantitative estimate of drug-likeness (QED) is 0.642. The molecule has 0 spiro atoms. The van der Waals surface area contributed by atoms with Gasteiger partial charge in [-0.05, 0) is 31.2 Å². The van der Waals surface area contributed by atoms with Gasteiger partial charge in [0.1, 0.15) is 5.75 Å². The minimum atomic E-state index is -1.57. The third-order valence-corrected chi connectivity index (χ3v) is 3.29. The highest BCUT2D eigenvalue weighted by molar-refractivity contribution is 5.63. The number of para-hydroxylation sites is 2. The largest absolute Gasteiger partial charge is 0.492 e. The molecule has 0 saturated carbocycles. The average Bonchev–Trinajstić information content (AvgIpc) is 2.64. The summed E-state index contributed by atoms with van der Waals surface area (Å²) in [7, 11) is 0. The molecule has 0 saturated heterocycles. The zero-order valence-electron chi connectivity index (χ0n) is 13.6. The second kappa shape index (κ2) is 7.68. The molecule has 2 aromatic carbocycles. The van der Waals surface area contributed by atoms with Crippen molar-refractivity contribution in [3.63, 3.8) is 0 Å². The number of hydrogen-bond acceptors (Lipinski definition) is 6. The summed E-state index contributed by atoms with van der Waals surface area (Å²) in [4.78, 5) is 4.12. The van der Waals surface area contributed by atoms with Crippen molar-refractivity contribution in [1.82, 2.24) is 15.2 Å². The highest BCUT2D eigenvalue weighted by atomic mass is 19.2. The first-order valence-electron chi connectivity index (χ1n) is 7.67. The van der Waals surface area contributed by atoms with E-state index in [-0.39, 0.29) is 17.5 Å². The smallest absolute Gasteiger partial charge is 0.249 e. The fraction of sp³-hybridized carbons (Fsp3) is 0.118. The van der Waals surface area contributed by atoms with E-state index in [1.54, 1.807) is 18.2 Å². The van der Waals surface area contributed by atoms with Crippen molar-refractivity contribution < 1.29 is 17.9 Å². The van der Waals surface area contributed by atoms with Gasteiger partial charge in [-0.1, -0.05) is 12.1 Å². The van der Waals surface area contributed by atoms with Crippen LogP contribution in [0.1, 0.15) is 6.92 Å².